The van der Waals surface area contributed by atoms with Crippen LogP contribution in [0.1, 0.15) is 38.7 Å². The van der Waals surface area contributed by atoms with Crippen LogP contribution in [0.25, 0.3) is 22.2 Å². The third kappa shape index (κ3) is 5.34. The second-order valence-electron chi connectivity index (χ2n) is 9.96. The van der Waals surface area contributed by atoms with Crippen LogP contribution < -0.4 is 5.32 Å². The van der Waals surface area contributed by atoms with Crippen LogP contribution in [-0.4, -0.2) is 51.2 Å². The first-order valence-corrected chi connectivity index (χ1v) is 12.4. The number of carbonyl (C=O) groups is 1. The molecule has 3 heterocycles. The summed E-state index contributed by atoms with van der Waals surface area (Å²) in [5.41, 5.74) is 1.73. The van der Waals surface area contributed by atoms with Gasteiger partial charge in [0.15, 0.2) is 5.96 Å². The Labute approximate surface area is 229 Å². The van der Waals surface area contributed by atoms with E-state index >= 15 is 0 Å². The molecule has 1 aromatic heterocycles. The van der Waals surface area contributed by atoms with Crippen LogP contribution in [0.4, 0.5) is 13.2 Å². The zero-order valence-corrected chi connectivity index (χ0v) is 22.4. The number of imidazole rings is 1. The van der Waals surface area contributed by atoms with E-state index in [0.717, 1.165) is 4.57 Å². The first kappa shape index (κ1) is 28.2. The average Bonchev–Trinajstić information content (AvgIpc) is 3.19. The third-order valence-corrected chi connectivity index (χ3v) is 7.51. The molecule has 2 aliphatic rings. The number of nitrogens with zero attached hydrogens (tertiary/aromatic N) is 3. The smallest absolute Gasteiger partial charge is 0.378 e. The van der Waals surface area contributed by atoms with Crippen LogP contribution in [0.3, 0.4) is 0 Å². The highest BCUT2D eigenvalue weighted by atomic mass is 35.5. The van der Waals surface area contributed by atoms with Gasteiger partial charge in [-0.05, 0) is 49.9 Å². The summed E-state index contributed by atoms with van der Waals surface area (Å²) in [5, 5.41) is 12.2. The van der Waals surface area contributed by atoms with Crippen molar-refractivity contribution in [2.24, 2.45) is 0 Å². The topological polar surface area (TPSA) is 83.2 Å². The van der Waals surface area contributed by atoms with E-state index in [1.54, 1.807) is 36.4 Å². The summed E-state index contributed by atoms with van der Waals surface area (Å²) in [6.07, 6.45) is -1.76. The predicted octanol–water partition coefficient (Wildman–Crippen LogP) is 5.88. The van der Waals surface area contributed by atoms with Gasteiger partial charge >= 0.3 is 6.18 Å². The van der Waals surface area contributed by atoms with Gasteiger partial charge in [0.1, 0.15) is 6.54 Å². The van der Waals surface area contributed by atoms with E-state index in [2.05, 4.69) is 10.3 Å². The highest BCUT2D eigenvalue weighted by Gasteiger charge is 2.43. The van der Waals surface area contributed by atoms with E-state index in [4.69, 9.17) is 21.7 Å². The van der Waals surface area contributed by atoms with Gasteiger partial charge < -0.3 is 14.6 Å². The van der Waals surface area contributed by atoms with E-state index in [1.165, 1.54) is 11.2 Å². The summed E-state index contributed by atoms with van der Waals surface area (Å²) in [7, 11) is 0. The molecule has 5 rings (SSSR count). The number of amides is 1. The minimum Gasteiger partial charge on any atom is -0.378 e. The highest BCUT2D eigenvalue weighted by molar-refractivity contribution is 6.34. The summed E-state index contributed by atoms with van der Waals surface area (Å²) < 4.78 is 45.8. The van der Waals surface area contributed by atoms with Crippen molar-refractivity contribution >= 4 is 46.9 Å². The van der Waals surface area contributed by atoms with Gasteiger partial charge in [0.25, 0.3) is 0 Å². The number of guanidine groups is 1. The Balaban J connectivity index is 0.00000336. The summed E-state index contributed by atoms with van der Waals surface area (Å²) >= 11 is 6.88. The lowest BCUT2D eigenvalue weighted by Crippen LogP contribution is -2.63. The van der Waals surface area contributed by atoms with Gasteiger partial charge in [-0.25, -0.2) is 4.98 Å². The Morgan fingerprint density at radius 2 is 2.05 bits per heavy atom. The van der Waals surface area contributed by atoms with Crippen molar-refractivity contribution in [2.45, 2.75) is 63.5 Å². The van der Waals surface area contributed by atoms with Crippen LogP contribution >= 0.6 is 24.0 Å². The summed E-state index contributed by atoms with van der Waals surface area (Å²) in [6, 6.07) is 10.3. The first-order valence-electron chi connectivity index (χ1n) is 12.1. The van der Waals surface area contributed by atoms with E-state index in [-0.39, 0.29) is 42.8 Å². The molecule has 2 aromatic carbocycles. The van der Waals surface area contributed by atoms with Crippen molar-refractivity contribution < 1.29 is 22.7 Å². The number of fused-ring (bicyclic) bond motifs is 1. The van der Waals surface area contributed by atoms with Crippen molar-refractivity contribution in [3.05, 3.63) is 53.3 Å². The fraction of sp³-hybridized carbons (Fsp3) is 0.423. The maximum absolute atomic E-state index is 13.3. The van der Waals surface area contributed by atoms with Crippen LogP contribution in [0.5, 0.6) is 0 Å². The number of hydrogen-bond donors (Lipinski definition) is 2. The second kappa shape index (κ2) is 10.4. The van der Waals surface area contributed by atoms with Crippen molar-refractivity contribution in [2.75, 3.05) is 6.61 Å². The number of carbonyl (C=O) groups excluding carboxylic acids is 1. The fourth-order valence-corrected chi connectivity index (χ4v) is 5.80. The minimum absolute atomic E-state index is 0. The molecule has 2 saturated heterocycles. The molecule has 2 N–H and O–H groups in total. The standard InChI is InChI=1S/C26H27ClF3N5O2.ClH/c1-15-10-17(8-9-37-15)35-22(36)12-25(2,33-24(35)31)19-5-3-4-18(23(19)27)16-6-7-20-21(11-16)34(14-32-20)13-26(28,29)30;/h3-7,11,14-15,17H,8-10,12-13H2,1-2H3,(H2,31,33);1H/t15-,17-,25-;/m0./s1. The number of ether oxygens (including phenoxy) is 1. The van der Waals surface area contributed by atoms with E-state index in [9.17, 15) is 18.0 Å². The molecule has 12 heteroatoms. The zero-order valence-electron chi connectivity index (χ0n) is 20.8. The largest absolute Gasteiger partial charge is 0.406 e. The van der Waals surface area contributed by atoms with E-state index < -0.39 is 18.3 Å². The number of aromatic nitrogens is 2. The minimum atomic E-state index is -4.38. The molecule has 2 aliphatic heterocycles. The predicted molar refractivity (Wildman–Crippen MR) is 142 cm³/mol. The Hall–Kier alpha value is -2.82. The number of nitrogens with one attached hydrogen (secondary N) is 2. The molecule has 7 nitrogen and oxygen atoms in total. The number of alkyl halides is 3. The Morgan fingerprint density at radius 1 is 1.29 bits per heavy atom. The lowest BCUT2D eigenvalue weighted by Gasteiger charge is -2.45. The number of rotatable bonds is 4. The van der Waals surface area contributed by atoms with Gasteiger partial charge in [-0.2, -0.15) is 13.2 Å². The zero-order chi connectivity index (χ0) is 26.5. The maximum Gasteiger partial charge on any atom is 0.406 e. The van der Waals surface area contributed by atoms with E-state index in [1.807, 2.05) is 13.8 Å². The molecule has 2 fully saturated rings. The van der Waals surface area contributed by atoms with Gasteiger partial charge in [0.2, 0.25) is 5.91 Å². The number of halogens is 5. The average molecular weight is 570 g/mol. The Morgan fingerprint density at radius 3 is 2.74 bits per heavy atom. The van der Waals surface area contributed by atoms with Gasteiger partial charge in [-0.3, -0.25) is 15.1 Å². The van der Waals surface area contributed by atoms with Crippen molar-refractivity contribution in [1.29, 1.82) is 5.41 Å². The van der Waals surface area contributed by atoms with Gasteiger partial charge in [0.05, 0.1) is 40.4 Å². The van der Waals surface area contributed by atoms with Gasteiger partial charge in [0, 0.05) is 18.2 Å². The molecule has 38 heavy (non-hydrogen) atoms. The Kier molecular flexibility index (Phi) is 7.71. The van der Waals surface area contributed by atoms with Gasteiger partial charge in [-0.1, -0.05) is 35.9 Å². The molecule has 204 valence electrons. The molecule has 0 spiro atoms. The maximum atomic E-state index is 13.3. The molecule has 3 aromatic rings. The van der Waals surface area contributed by atoms with Crippen molar-refractivity contribution in [3.63, 3.8) is 0 Å². The second-order valence-corrected chi connectivity index (χ2v) is 10.3. The first-order chi connectivity index (χ1) is 17.4. The van der Waals surface area contributed by atoms with E-state index in [0.29, 0.717) is 52.2 Å². The van der Waals surface area contributed by atoms with Gasteiger partial charge in [-0.15, -0.1) is 12.4 Å². The Bertz CT molecular complexity index is 1360. The number of hydrogen-bond acceptors (Lipinski definition) is 4. The highest BCUT2D eigenvalue weighted by Crippen LogP contribution is 2.40. The van der Waals surface area contributed by atoms with Crippen LogP contribution in [0, 0.1) is 5.41 Å². The molecule has 0 saturated carbocycles. The molecular weight excluding hydrogens is 542 g/mol. The summed E-state index contributed by atoms with van der Waals surface area (Å²) in [5.74, 6) is -0.138. The van der Waals surface area contributed by atoms with Crippen LogP contribution in [0.2, 0.25) is 5.02 Å². The SMILES string of the molecule is C[C@H]1C[C@@H](N2C(=N)N[C@](C)(c3cccc(-c4ccc5ncn(CC(F)(F)F)c5c4)c3Cl)CC2=O)CCO1.Cl. The lowest BCUT2D eigenvalue weighted by molar-refractivity contribution is -0.140. The molecule has 0 bridgehead atoms. The molecule has 0 unspecified atom stereocenters. The lowest BCUT2D eigenvalue weighted by atomic mass is 9.84. The van der Waals surface area contributed by atoms with Crippen LogP contribution in [-0.2, 0) is 21.6 Å². The molecule has 1 amide bonds. The molecule has 3 atom stereocenters. The third-order valence-electron chi connectivity index (χ3n) is 7.11. The normalized spacial score (nSPS) is 24.3. The molecular formula is C26H28Cl2F3N5O2. The fourth-order valence-electron chi connectivity index (χ4n) is 5.36. The molecule has 0 aliphatic carbocycles. The molecule has 0 radical (unpaired) electrons. The van der Waals surface area contributed by atoms with Crippen LogP contribution in [0.15, 0.2) is 42.7 Å². The summed E-state index contributed by atoms with van der Waals surface area (Å²) in [6.45, 7) is 3.19. The monoisotopic (exact) mass is 569 g/mol. The quantitative estimate of drug-likeness (QED) is 0.411. The number of benzene rings is 2. The van der Waals surface area contributed by atoms with Crippen molar-refractivity contribution in [3.8, 4) is 11.1 Å². The summed E-state index contributed by atoms with van der Waals surface area (Å²) in [4.78, 5) is 18.9. The van der Waals surface area contributed by atoms with Crippen molar-refractivity contribution in [1.82, 2.24) is 19.8 Å².